The smallest absolute Gasteiger partial charge is 0.338 e. The Morgan fingerprint density at radius 1 is 1.23 bits per heavy atom. The highest BCUT2D eigenvalue weighted by atomic mass is 32.2. The Labute approximate surface area is 153 Å². The largest absolute Gasteiger partial charge is 0.465 e. The first-order chi connectivity index (χ1) is 12.4. The number of carbonyl (C=O) groups excluding carboxylic acids is 1. The summed E-state index contributed by atoms with van der Waals surface area (Å²) in [5, 5.41) is 6.02. The van der Waals surface area contributed by atoms with Crippen LogP contribution in [0.4, 0.5) is 0 Å². The Hall–Kier alpha value is -2.67. The molecule has 7 heteroatoms. The minimum atomic E-state index is -3.56. The van der Waals surface area contributed by atoms with E-state index in [-0.39, 0.29) is 22.3 Å². The van der Waals surface area contributed by atoms with Gasteiger partial charge in [0.25, 0.3) is 0 Å². The van der Waals surface area contributed by atoms with Crippen molar-refractivity contribution in [3.63, 3.8) is 0 Å². The Morgan fingerprint density at radius 3 is 2.58 bits per heavy atom. The highest BCUT2D eigenvalue weighted by Crippen LogP contribution is 2.29. The van der Waals surface area contributed by atoms with Gasteiger partial charge in [0.05, 0.1) is 29.4 Å². The van der Waals surface area contributed by atoms with Crippen molar-refractivity contribution in [3.05, 3.63) is 65.2 Å². The zero-order chi connectivity index (χ0) is 18.7. The highest BCUT2D eigenvalue weighted by molar-refractivity contribution is 7.90. The first kappa shape index (κ1) is 18.1. The molecule has 0 radical (unpaired) electrons. The van der Waals surface area contributed by atoms with Crippen LogP contribution in [0.1, 0.15) is 33.9 Å². The van der Waals surface area contributed by atoms with E-state index in [4.69, 9.17) is 4.74 Å². The molecule has 2 aromatic rings. The average molecular weight is 372 g/mol. The van der Waals surface area contributed by atoms with Gasteiger partial charge < -0.3 is 4.74 Å². The van der Waals surface area contributed by atoms with Gasteiger partial charge in [-0.25, -0.2) is 13.2 Å². The van der Waals surface area contributed by atoms with Gasteiger partial charge >= 0.3 is 5.97 Å². The Morgan fingerprint density at radius 2 is 1.96 bits per heavy atom. The SMILES string of the molecule is COC(=O)c1cc(C2CC=NN2C)ccc1CS(=O)(=O)c1ccccc1. The van der Waals surface area contributed by atoms with Crippen molar-refractivity contribution in [1.29, 1.82) is 0 Å². The molecular formula is C19H20N2O4S. The van der Waals surface area contributed by atoms with Crippen molar-refractivity contribution in [3.8, 4) is 0 Å². The van der Waals surface area contributed by atoms with Gasteiger partial charge in [0.1, 0.15) is 0 Å². The van der Waals surface area contributed by atoms with E-state index in [1.165, 1.54) is 7.11 Å². The lowest BCUT2D eigenvalue weighted by molar-refractivity contribution is 0.0599. The number of hydrogen-bond donors (Lipinski definition) is 0. The lowest BCUT2D eigenvalue weighted by Crippen LogP contribution is -2.16. The second kappa shape index (κ2) is 7.29. The minimum absolute atomic E-state index is 0.0261. The normalized spacial score (nSPS) is 16.7. The summed E-state index contributed by atoms with van der Waals surface area (Å²) < 4.78 is 30.2. The Bertz CT molecular complexity index is 939. The number of rotatable bonds is 5. The zero-order valence-electron chi connectivity index (χ0n) is 14.6. The quantitative estimate of drug-likeness (QED) is 0.755. The molecule has 1 heterocycles. The molecule has 1 unspecified atom stereocenters. The van der Waals surface area contributed by atoms with Crippen LogP contribution in [0.3, 0.4) is 0 Å². The zero-order valence-corrected chi connectivity index (χ0v) is 15.4. The Balaban J connectivity index is 1.97. The number of nitrogens with zero attached hydrogens (tertiary/aromatic N) is 2. The van der Waals surface area contributed by atoms with Gasteiger partial charge in [0.15, 0.2) is 9.84 Å². The molecule has 2 aromatic carbocycles. The Kier molecular flexibility index (Phi) is 5.08. The fraction of sp³-hybridized carbons (Fsp3) is 0.263. The van der Waals surface area contributed by atoms with Gasteiger partial charge in [0, 0.05) is 19.7 Å². The number of hydrazone groups is 1. The van der Waals surface area contributed by atoms with E-state index in [1.54, 1.807) is 42.5 Å². The lowest BCUT2D eigenvalue weighted by atomic mass is 9.99. The average Bonchev–Trinajstić information content (AvgIpc) is 3.08. The third kappa shape index (κ3) is 3.62. The van der Waals surface area contributed by atoms with Gasteiger partial charge in [-0.05, 0) is 29.3 Å². The van der Waals surface area contributed by atoms with Crippen LogP contribution in [0.5, 0.6) is 0 Å². The molecule has 0 spiro atoms. The number of sulfone groups is 1. The number of methoxy groups -OCH3 is 1. The molecule has 0 fully saturated rings. The molecule has 3 rings (SSSR count). The standard InChI is InChI=1S/C19H20N2O4S/c1-21-18(10-11-20-21)14-8-9-15(17(12-14)19(22)25-2)13-26(23,24)16-6-4-3-5-7-16/h3-9,11-12,18H,10,13H2,1-2H3. The molecule has 1 atom stereocenters. The second-order valence-electron chi connectivity index (χ2n) is 6.10. The maximum atomic E-state index is 12.7. The van der Waals surface area contributed by atoms with E-state index in [2.05, 4.69) is 5.10 Å². The van der Waals surface area contributed by atoms with Gasteiger partial charge in [0.2, 0.25) is 0 Å². The van der Waals surface area contributed by atoms with Crippen LogP contribution in [-0.2, 0) is 20.3 Å². The third-order valence-corrected chi connectivity index (χ3v) is 6.10. The predicted octanol–water partition coefficient (Wildman–Crippen LogP) is 2.81. The fourth-order valence-corrected chi connectivity index (χ4v) is 4.40. The van der Waals surface area contributed by atoms with Crippen LogP contribution in [0.25, 0.3) is 0 Å². The van der Waals surface area contributed by atoms with Crippen LogP contribution in [-0.4, -0.2) is 39.8 Å². The number of hydrogen-bond acceptors (Lipinski definition) is 6. The summed E-state index contributed by atoms with van der Waals surface area (Å²) in [7, 11) is -0.415. The van der Waals surface area contributed by atoms with Gasteiger partial charge in [-0.1, -0.05) is 30.3 Å². The number of carbonyl (C=O) groups is 1. The van der Waals surface area contributed by atoms with Crippen molar-refractivity contribution < 1.29 is 17.9 Å². The van der Waals surface area contributed by atoms with Crippen molar-refractivity contribution >= 4 is 22.0 Å². The molecule has 0 saturated heterocycles. The first-order valence-electron chi connectivity index (χ1n) is 8.16. The number of esters is 1. The van der Waals surface area contributed by atoms with E-state index in [0.29, 0.717) is 5.56 Å². The summed E-state index contributed by atoms with van der Waals surface area (Å²) in [5.74, 6) is -0.815. The summed E-state index contributed by atoms with van der Waals surface area (Å²) in [6, 6.07) is 13.5. The summed E-state index contributed by atoms with van der Waals surface area (Å²) >= 11 is 0. The van der Waals surface area contributed by atoms with Crippen molar-refractivity contribution in [2.75, 3.05) is 14.2 Å². The summed E-state index contributed by atoms with van der Waals surface area (Å²) in [6.45, 7) is 0. The van der Waals surface area contributed by atoms with E-state index in [9.17, 15) is 13.2 Å². The lowest BCUT2D eigenvalue weighted by Gasteiger charge is -2.20. The van der Waals surface area contributed by atoms with Crippen LogP contribution in [0.2, 0.25) is 0 Å². The van der Waals surface area contributed by atoms with E-state index >= 15 is 0 Å². The molecule has 1 aliphatic heterocycles. The molecule has 0 amide bonds. The summed E-state index contributed by atoms with van der Waals surface area (Å²) in [5.41, 5.74) is 1.59. The maximum Gasteiger partial charge on any atom is 0.338 e. The van der Waals surface area contributed by atoms with Crippen molar-refractivity contribution in [2.45, 2.75) is 23.1 Å². The first-order valence-corrected chi connectivity index (χ1v) is 9.82. The van der Waals surface area contributed by atoms with Crippen LogP contribution in [0.15, 0.2) is 58.5 Å². The maximum absolute atomic E-state index is 12.7. The van der Waals surface area contributed by atoms with Crippen LogP contribution in [0, 0.1) is 0 Å². The number of ether oxygens (including phenoxy) is 1. The highest BCUT2D eigenvalue weighted by Gasteiger charge is 2.24. The second-order valence-corrected chi connectivity index (χ2v) is 8.09. The van der Waals surface area contributed by atoms with E-state index in [0.717, 1.165) is 12.0 Å². The molecule has 26 heavy (non-hydrogen) atoms. The predicted molar refractivity (Wildman–Crippen MR) is 98.7 cm³/mol. The van der Waals surface area contributed by atoms with Crippen LogP contribution < -0.4 is 0 Å². The molecule has 0 aliphatic carbocycles. The summed E-state index contributed by atoms with van der Waals surface area (Å²) in [4.78, 5) is 12.5. The summed E-state index contributed by atoms with van der Waals surface area (Å²) in [6.07, 6.45) is 2.55. The van der Waals surface area contributed by atoms with Crippen molar-refractivity contribution in [2.24, 2.45) is 5.10 Å². The molecule has 0 N–H and O–H groups in total. The van der Waals surface area contributed by atoms with Gasteiger partial charge in [-0.15, -0.1) is 0 Å². The topological polar surface area (TPSA) is 76.0 Å². The van der Waals surface area contributed by atoms with E-state index in [1.807, 2.05) is 24.3 Å². The van der Waals surface area contributed by atoms with E-state index < -0.39 is 15.8 Å². The molecule has 136 valence electrons. The molecule has 0 saturated carbocycles. The fourth-order valence-electron chi connectivity index (χ4n) is 3.00. The van der Waals surface area contributed by atoms with Gasteiger partial charge in [-0.3, -0.25) is 5.01 Å². The monoisotopic (exact) mass is 372 g/mol. The van der Waals surface area contributed by atoms with Gasteiger partial charge in [-0.2, -0.15) is 5.10 Å². The van der Waals surface area contributed by atoms with Crippen LogP contribution >= 0.6 is 0 Å². The molecular weight excluding hydrogens is 352 g/mol. The molecule has 1 aliphatic rings. The van der Waals surface area contributed by atoms with Crippen molar-refractivity contribution in [1.82, 2.24) is 5.01 Å². The molecule has 0 bridgehead atoms. The molecule has 6 nitrogen and oxygen atoms in total. The third-order valence-electron chi connectivity index (χ3n) is 4.42. The molecule has 0 aromatic heterocycles. The number of benzene rings is 2. The minimum Gasteiger partial charge on any atom is -0.465 e.